The minimum Gasteiger partial charge on any atom is -0.459 e. The monoisotopic (exact) mass is 488 g/mol. The number of carbonyl (C=O) groups excluding carboxylic acids is 2. The van der Waals surface area contributed by atoms with Crippen LogP contribution in [0, 0.1) is 52.3 Å². The van der Waals surface area contributed by atoms with Crippen molar-refractivity contribution in [2.24, 2.45) is 52.3 Å². The van der Waals surface area contributed by atoms with Crippen LogP contribution in [0.2, 0.25) is 0 Å². The van der Waals surface area contributed by atoms with Gasteiger partial charge < -0.3 is 9.47 Å². The second-order valence-corrected chi connectivity index (χ2v) is 13.9. The Morgan fingerprint density at radius 3 is 2.14 bits per heavy atom. The quantitative estimate of drug-likeness (QED) is 0.347. The Morgan fingerprint density at radius 1 is 0.829 bits per heavy atom. The van der Waals surface area contributed by atoms with Crippen LogP contribution in [0.25, 0.3) is 0 Å². The maximum atomic E-state index is 11.9. The number of ether oxygens (including phenoxy) is 2. The lowest BCUT2D eigenvalue weighted by Gasteiger charge is -2.62. The van der Waals surface area contributed by atoms with Crippen molar-refractivity contribution in [1.29, 1.82) is 0 Å². The molecule has 4 heteroatoms. The van der Waals surface area contributed by atoms with E-state index in [1.54, 1.807) is 0 Å². The lowest BCUT2D eigenvalue weighted by molar-refractivity contribution is -0.195. The Morgan fingerprint density at radius 2 is 1.49 bits per heavy atom. The molecule has 4 nitrogen and oxygen atoms in total. The van der Waals surface area contributed by atoms with E-state index in [-0.39, 0.29) is 29.6 Å². The fraction of sp³-hybridized carbons (Fsp3) is 0.935. The minimum absolute atomic E-state index is 0.169. The number of carbonyl (C=O) groups is 2. The van der Waals surface area contributed by atoms with E-state index in [4.69, 9.17) is 9.47 Å². The molecule has 4 saturated carbocycles. The van der Waals surface area contributed by atoms with Crippen molar-refractivity contribution >= 4 is 11.9 Å². The smallest absolute Gasteiger partial charge is 0.303 e. The zero-order chi connectivity index (χ0) is 25.5. The van der Waals surface area contributed by atoms with Crippen molar-refractivity contribution in [3.8, 4) is 0 Å². The van der Waals surface area contributed by atoms with E-state index in [0.717, 1.165) is 42.4 Å². The summed E-state index contributed by atoms with van der Waals surface area (Å²) in [4.78, 5) is 23.7. The molecule has 0 heterocycles. The van der Waals surface area contributed by atoms with Gasteiger partial charge in [0.15, 0.2) is 0 Å². The molecular weight excluding hydrogens is 436 g/mol. The van der Waals surface area contributed by atoms with Gasteiger partial charge in [0.25, 0.3) is 0 Å². The van der Waals surface area contributed by atoms with Crippen LogP contribution < -0.4 is 0 Å². The van der Waals surface area contributed by atoms with Crippen LogP contribution in [0.1, 0.15) is 119 Å². The van der Waals surface area contributed by atoms with E-state index >= 15 is 0 Å². The van der Waals surface area contributed by atoms with Gasteiger partial charge in [-0.1, -0.05) is 53.9 Å². The van der Waals surface area contributed by atoms with Crippen LogP contribution in [-0.4, -0.2) is 24.1 Å². The summed E-state index contributed by atoms with van der Waals surface area (Å²) in [5, 5.41) is 0. The second-order valence-electron chi connectivity index (χ2n) is 13.9. The average molecular weight is 489 g/mol. The molecule has 0 aromatic heterocycles. The van der Waals surface area contributed by atoms with Gasteiger partial charge in [0, 0.05) is 13.8 Å². The van der Waals surface area contributed by atoms with Gasteiger partial charge in [0.05, 0.1) is 0 Å². The molecule has 0 saturated heterocycles. The number of hydrogen-bond acceptors (Lipinski definition) is 4. The first kappa shape index (κ1) is 27.0. The van der Waals surface area contributed by atoms with E-state index < -0.39 is 0 Å². The summed E-state index contributed by atoms with van der Waals surface area (Å²) in [5.74, 6) is 4.88. The Labute approximate surface area is 214 Å². The molecule has 4 rings (SSSR count). The molecule has 4 aliphatic rings. The first-order valence-electron chi connectivity index (χ1n) is 14.8. The highest BCUT2D eigenvalue weighted by Gasteiger charge is 2.62. The van der Waals surface area contributed by atoms with Crippen LogP contribution in [-0.2, 0) is 19.1 Å². The first-order valence-corrected chi connectivity index (χ1v) is 14.8. The SMILES string of the molecule is CC(=O)OC1CC2(C)C3CCC4(C)C(CCC4[C@H](C)CCCC(C)C)C3CC[C@H]2C[C@@H]1OC(C)=O. The highest BCUT2D eigenvalue weighted by Crippen LogP contribution is 2.68. The molecule has 4 fully saturated rings. The largest absolute Gasteiger partial charge is 0.459 e. The second kappa shape index (κ2) is 10.4. The normalized spacial score (nSPS) is 43.6. The van der Waals surface area contributed by atoms with E-state index in [0.29, 0.717) is 17.3 Å². The summed E-state index contributed by atoms with van der Waals surface area (Å²) in [6, 6.07) is 0. The van der Waals surface area contributed by atoms with E-state index in [1.165, 1.54) is 71.6 Å². The number of hydrogen-bond donors (Lipinski definition) is 0. The lowest BCUT2D eigenvalue weighted by atomic mass is 9.44. The van der Waals surface area contributed by atoms with Crippen LogP contribution in [0.3, 0.4) is 0 Å². The molecular formula is C31H52O4. The summed E-state index contributed by atoms with van der Waals surface area (Å²) in [6.45, 7) is 15.3. The standard InChI is InChI=1S/C31H52O4/c1-19(2)9-8-10-20(3)25-13-14-26-24-12-11-23-17-28(34-21(4)32)29(35-22(5)33)18-31(23,7)27(24)15-16-30(25,26)6/h19-20,23-29H,8-18H2,1-7H3/t20-,23+,24?,25?,26?,27?,28+,29?,30?,31?/m1/s1. The van der Waals surface area contributed by atoms with Crippen LogP contribution in [0.15, 0.2) is 0 Å². The number of rotatable bonds is 7. The molecule has 10 atom stereocenters. The Kier molecular flexibility index (Phi) is 7.99. The van der Waals surface area contributed by atoms with Crippen LogP contribution >= 0.6 is 0 Å². The predicted molar refractivity (Wildman–Crippen MR) is 140 cm³/mol. The molecule has 0 N–H and O–H groups in total. The van der Waals surface area contributed by atoms with Crippen LogP contribution in [0.5, 0.6) is 0 Å². The molecule has 0 aromatic carbocycles. The van der Waals surface area contributed by atoms with Crippen molar-refractivity contribution < 1.29 is 19.1 Å². The molecule has 35 heavy (non-hydrogen) atoms. The summed E-state index contributed by atoms with van der Waals surface area (Å²) < 4.78 is 11.5. The van der Waals surface area contributed by atoms with E-state index in [2.05, 4.69) is 34.6 Å². The molecule has 200 valence electrons. The van der Waals surface area contributed by atoms with Crippen molar-refractivity contribution in [3.05, 3.63) is 0 Å². The lowest BCUT2D eigenvalue weighted by Crippen LogP contribution is -2.57. The highest BCUT2D eigenvalue weighted by atomic mass is 16.6. The van der Waals surface area contributed by atoms with Gasteiger partial charge in [-0.3, -0.25) is 9.59 Å². The predicted octanol–water partition coefficient (Wildman–Crippen LogP) is 7.58. The summed E-state index contributed by atoms with van der Waals surface area (Å²) in [7, 11) is 0. The van der Waals surface area contributed by atoms with Gasteiger partial charge >= 0.3 is 11.9 Å². The van der Waals surface area contributed by atoms with Gasteiger partial charge in [0.2, 0.25) is 0 Å². The molecule has 7 unspecified atom stereocenters. The van der Waals surface area contributed by atoms with Gasteiger partial charge in [-0.2, -0.15) is 0 Å². The zero-order valence-corrected chi connectivity index (χ0v) is 23.6. The Balaban J connectivity index is 1.50. The zero-order valence-electron chi connectivity index (χ0n) is 23.6. The minimum atomic E-state index is -0.304. The van der Waals surface area contributed by atoms with E-state index in [1.807, 2.05) is 0 Å². The summed E-state index contributed by atoms with van der Waals surface area (Å²) in [6.07, 6.45) is 13.3. The average Bonchev–Trinajstić information content (AvgIpc) is 3.10. The third-order valence-corrected chi connectivity index (χ3v) is 11.5. The molecule has 0 radical (unpaired) electrons. The molecule has 0 aromatic rings. The topological polar surface area (TPSA) is 52.6 Å². The molecule has 0 spiro atoms. The van der Waals surface area contributed by atoms with Crippen molar-refractivity contribution in [2.75, 3.05) is 0 Å². The summed E-state index contributed by atoms with van der Waals surface area (Å²) in [5.41, 5.74) is 0.661. The van der Waals surface area contributed by atoms with Gasteiger partial charge in [-0.25, -0.2) is 0 Å². The molecule has 0 amide bonds. The van der Waals surface area contributed by atoms with Crippen molar-refractivity contribution in [1.82, 2.24) is 0 Å². The van der Waals surface area contributed by atoms with E-state index in [9.17, 15) is 9.59 Å². The molecule has 0 aliphatic heterocycles. The first-order chi connectivity index (χ1) is 16.5. The number of fused-ring (bicyclic) bond motifs is 5. The van der Waals surface area contributed by atoms with Gasteiger partial charge in [-0.15, -0.1) is 0 Å². The maximum absolute atomic E-state index is 11.9. The maximum Gasteiger partial charge on any atom is 0.303 e. The Hall–Kier alpha value is -1.06. The van der Waals surface area contributed by atoms with Crippen molar-refractivity contribution in [3.63, 3.8) is 0 Å². The van der Waals surface area contributed by atoms with Gasteiger partial charge in [-0.05, 0) is 104 Å². The fourth-order valence-corrected chi connectivity index (χ4v) is 9.93. The fourth-order valence-electron chi connectivity index (χ4n) is 9.93. The third kappa shape index (κ3) is 5.19. The van der Waals surface area contributed by atoms with Crippen molar-refractivity contribution in [2.45, 2.75) is 131 Å². The summed E-state index contributed by atoms with van der Waals surface area (Å²) >= 11 is 0. The molecule has 4 aliphatic carbocycles. The van der Waals surface area contributed by atoms with Gasteiger partial charge in [0.1, 0.15) is 12.2 Å². The highest BCUT2D eigenvalue weighted by molar-refractivity contribution is 5.67. The number of esters is 2. The van der Waals surface area contributed by atoms with Crippen LogP contribution in [0.4, 0.5) is 0 Å². The third-order valence-electron chi connectivity index (χ3n) is 11.5. The Bertz CT molecular complexity index is 776. The molecule has 0 bridgehead atoms.